The molecule has 1 aromatic carbocycles. The summed E-state index contributed by atoms with van der Waals surface area (Å²) in [6.45, 7) is 1.90. The van der Waals surface area contributed by atoms with Crippen molar-refractivity contribution >= 4 is 22.7 Å². The van der Waals surface area contributed by atoms with Gasteiger partial charge in [-0.2, -0.15) is 0 Å². The molecule has 2 aromatic heterocycles. The van der Waals surface area contributed by atoms with Crippen LogP contribution in [0.15, 0.2) is 34.4 Å². The number of hydrogen-bond acceptors (Lipinski definition) is 6. The number of nitrogens with zero attached hydrogens (tertiary/aromatic N) is 5. The van der Waals surface area contributed by atoms with Gasteiger partial charge in [0.05, 0.1) is 5.52 Å². The average Bonchev–Trinajstić information content (AvgIpc) is 2.87. The van der Waals surface area contributed by atoms with Gasteiger partial charge in [0.25, 0.3) is 6.43 Å². The SMILES string of the molecule is CCc1nnc(Sc2nc(C(F)F)nc3ccccc23)n1N. The maximum atomic E-state index is 13.0. The molecule has 22 heavy (non-hydrogen) atoms. The summed E-state index contributed by atoms with van der Waals surface area (Å²) in [6.07, 6.45) is -2.12. The van der Waals surface area contributed by atoms with E-state index in [2.05, 4.69) is 20.2 Å². The number of benzene rings is 1. The fourth-order valence-electron chi connectivity index (χ4n) is 1.94. The standard InChI is InChI=1S/C13H12F2N6S/c1-2-9-19-20-13(21(9)16)22-12-7-5-3-4-6-8(7)17-11(18-12)10(14)15/h3-6,10H,2,16H2,1H3. The summed E-state index contributed by atoms with van der Waals surface area (Å²) in [5, 5.41) is 9.34. The van der Waals surface area contributed by atoms with E-state index in [1.54, 1.807) is 24.3 Å². The van der Waals surface area contributed by atoms with Crippen LogP contribution in [-0.2, 0) is 6.42 Å². The highest BCUT2D eigenvalue weighted by molar-refractivity contribution is 7.99. The van der Waals surface area contributed by atoms with E-state index in [0.717, 1.165) is 11.8 Å². The molecule has 3 rings (SSSR count). The van der Waals surface area contributed by atoms with E-state index in [-0.39, 0.29) is 0 Å². The van der Waals surface area contributed by atoms with Gasteiger partial charge in [-0.25, -0.2) is 23.4 Å². The maximum absolute atomic E-state index is 13.0. The number of halogens is 2. The lowest BCUT2D eigenvalue weighted by atomic mass is 10.2. The Morgan fingerprint density at radius 2 is 2.00 bits per heavy atom. The summed E-state index contributed by atoms with van der Waals surface area (Å²) >= 11 is 1.09. The van der Waals surface area contributed by atoms with E-state index in [0.29, 0.717) is 33.3 Å². The fourth-order valence-corrected chi connectivity index (χ4v) is 2.82. The lowest BCUT2D eigenvalue weighted by Crippen LogP contribution is -2.13. The largest absolute Gasteiger partial charge is 0.336 e. The third kappa shape index (κ3) is 2.59. The number of hydrogen-bond donors (Lipinski definition) is 1. The number of nitrogen functional groups attached to an aromatic ring is 1. The van der Waals surface area contributed by atoms with Gasteiger partial charge in [-0.3, -0.25) is 0 Å². The Bertz CT molecular complexity index is 819. The van der Waals surface area contributed by atoms with Crippen molar-refractivity contribution in [3.05, 3.63) is 35.9 Å². The smallest absolute Gasteiger partial charge is 0.297 e. The third-order valence-electron chi connectivity index (χ3n) is 3.02. The van der Waals surface area contributed by atoms with Crippen molar-refractivity contribution in [3.8, 4) is 0 Å². The Morgan fingerprint density at radius 3 is 2.68 bits per heavy atom. The molecule has 0 radical (unpaired) electrons. The molecule has 0 saturated heterocycles. The molecule has 2 N–H and O–H groups in total. The van der Waals surface area contributed by atoms with E-state index in [9.17, 15) is 8.78 Å². The first-order valence-corrected chi connectivity index (χ1v) is 7.33. The lowest BCUT2D eigenvalue weighted by molar-refractivity contribution is 0.140. The predicted molar refractivity (Wildman–Crippen MR) is 78.2 cm³/mol. The molecule has 0 aliphatic rings. The summed E-state index contributed by atoms with van der Waals surface area (Å²) < 4.78 is 27.3. The van der Waals surface area contributed by atoms with Crippen LogP contribution in [0.4, 0.5) is 8.78 Å². The van der Waals surface area contributed by atoms with Gasteiger partial charge in [0.15, 0.2) is 11.6 Å². The number of aromatic nitrogens is 5. The van der Waals surface area contributed by atoms with E-state index >= 15 is 0 Å². The van der Waals surface area contributed by atoms with Crippen LogP contribution in [-0.4, -0.2) is 24.8 Å². The van der Waals surface area contributed by atoms with Gasteiger partial charge in [0, 0.05) is 11.8 Å². The van der Waals surface area contributed by atoms with Crippen LogP contribution in [0.1, 0.15) is 25.0 Å². The number of rotatable bonds is 4. The van der Waals surface area contributed by atoms with Crippen molar-refractivity contribution in [1.29, 1.82) is 0 Å². The van der Waals surface area contributed by atoms with Crippen LogP contribution < -0.4 is 5.84 Å². The van der Waals surface area contributed by atoms with Crippen molar-refractivity contribution in [2.75, 3.05) is 5.84 Å². The van der Waals surface area contributed by atoms with Gasteiger partial charge >= 0.3 is 0 Å². The van der Waals surface area contributed by atoms with E-state index in [1.807, 2.05) is 6.92 Å². The zero-order valence-corrected chi connectivity index (χ0v) is 12.4. The molecule has 0 amide bonds. The predicted octanol–water partition coefficient (Wildman–Crippen LogP) is 2.59. The molecule has 0 atom stereocenters. The number of fused-ring (bicyclic) bond motifs is 1. The minimum atomic E-state index is -2.74. The van der Waals surface area contributed by atoms with Crippen molar-refractivity contribution < 1.29 is 8.78 Å². The molecule has 9 heteroatoms. The molecular weight excluding hydrogens is 310 g/mol. The molecule has 6 nitrogen and oxygen atoms in total. The summed E-state index contributed by atoms with van der Waals surface area (Å²) in [6, 6.07) is 6.96. The van der Waals surface area contributed by atoms with Crippen molar-refractivity contribution in [1.82, 2.24) is 24.8 Å². The normalized spacial score (nSPS) is 11.5. The molecule has 0 unspecified atom stereocenters. The Hall–Kier alpha value is -2.29. The summed E-state index contributed by atoms with van der Waals surface area (Å²) in [4.78, 5) is 7.81. The monoisotopic (exact) mass is 322 g/mol. The van der Waals surface area contributed by atoms with Gasteiger partial charge in [-0.1, -0.05) is 25.1 Å². The van der Waals surface area contributed by atoms with Gasteiger partial charge < -0.3 is 5.84 Å². The topological polar surface area (TPSA) is 82.5 Å². The van der Waals surface area contributed by atoms with Crippen LogP contribution in [0.2, 0.25) is 0 Å². The highest BCUT2D eigenvalue weighted by Gasteiger charge is 2.18. The van der Waals surface area contributed by atoms with Crippen LogP contribution in [0.25, 0.3) is 10.9 Å². The average molecular weight is 322 g/mol. The highest BCUT2D eigenvalue weighted by atomic mass is 32.2. The number of alkyl halides is 2. The molecule has 0 aliphatic heterocycles. The van der Waals surface area contributed by atoms with Crippen LogP contribution in [0.3, 0.4) is 0 Å². The van der Waals surface area contributed by atoms with Crippen molar-refractivity contribution in [2.24, 2.45) is 0 Å². The van der Waals surface area contributed by atoms with Crippen LogP contribution in [0, 0.1) is 0 Å². The van der Waals surface area contributed by atoms with E-state index in [1.165, 1.54) is 4.68 Å². The molecule has 0 aliphatic carbocycles. The molecule has 2 heterocycles. The summed E-state index contributed by atoms with van der Waals surface area (Å²) in [5.74, 6) is 5.98. The molecule has 0 saturated carbocycles. The Kier molecular flexibility index (Phi) is 3.88. The minimum Gasteiger partial charge on any atom is -0.336 e. The highest BCUT2D eigenvalue weighted by Crippen LogP contribution is 2.31. The zero-order chi connectivity index (χ0) is 15.7. The molecule has 0 bridgehead atoms. The molecule has 114 valence electrons. The second kappa shape index (κ2) is 5.84. The Labute approximate surface area is 128 Å². The second-order valence-corrected chi connectivity index (χ2v) is 5.39. The van der Waals surface area contributed by atoms with E-state index < -0.39 is 12.2 Å². The van der Waals surface area contributed by atoms with Gasteiger partial charge in [0.1, 0.15) is 5.03 Å². The summed E-state index contributed by atoms with van der Waals surface area (Å²) in [5.41, 5.74) is 0.453. The Balaban J connectivity index is 2.10. The van der Waals surface area contributed by atoms with Gasteiger partial charge in [0.2, 0.25) is 5.16 Å². The molecular formula is C13H12F2N6S. The molecule has 3 aromatic rings. The molecule has 0 fully saturated rings. The first kappa shape index (κ1) is 14.6. The van der Waals surface area contributed by atoms with Crippen molar-refractivity contribution in [3.63, 3.8) is 0 Å². The minimum absolute atomic E-state index is 0.377. The van der Waals surface area contributed by atoms with Crippen LogP contribution >= 0.6 is 11.8 Å². The first-order chi connectivity index (χ1) is 10.6. The lowest BCUT2D eigenvalue weighted by Gasteiger charge is -2.07. The molecule has 0 spiro atoms. The number of para-hydroxylation sites is 1. The van der Waals surface area contributed by atoms with Crippen LogP contribution in [0.5, 0.6) is 0 Å². The maximum Gasteiger partial charge on any atom is 0.297 e. The fraction of sp³-hybridized carbons (Fsp3) is 0.231. The first-order valence-electron chi connectivity index (χ1n) is 6.52. The number of aryl methyl sites for hydroxylation is 1. The zero-order valence-electron chi connectivity index (χ0n) is 11.6. The summed E-state index contributed by atoms with van der Waals surface area (Å²) in [7, 11) is 0. The van der Waals surface area contributed by atoms with Crippen molar-refractivity contribution in [2.45, 2.75) is 30.0 Å². The quantitative estimate of drug-likeness (QED) is 0.587. The van der Waals surface area contributed by atoms with Gasteiger partial charge in [-0.15, -0.1) is 10.2 Å². The van der Waals surface area contributed by atoms with E-state index in [4.69, 9.17) is 5.84 Å². The third-order valence-corrected chi connectivity index (χ3v) is 3.99. The van der Waals surface area contributed by atoms with Gasteiger partial charge in [-0.05, 0) is 17.8 Å². The Morgan fingerprint density at radius 1 is 1.23 bits per heavy atom. The number of nitrogens with two attached hydrogens (primary N) is 1. The second-order valence-electron chi connectivity index (χ2n) is 4.43.